The van der Waals surface area contributed by atoms with Crippen molar-refractivity contribution in [3.05, 3.63) is 66.9 Å². The third-order valence-electron chi connectivity index (χ3n) is 3.44. The number of nitrogens with zero attached hydrogens (tertiary/aromatic N) is 1. The summed E-state index contributed by atoms with van der Waals surface area (Å²) in [5, 5.41) is 8.84. The van der Waals surface area contributed by atoms with Gasteiger partial charge < -0.3 is 10.1 Å². The minimum absolute atomic E-state index is 0.779. The number of anilines is 2. The summed E-state index contributed by atoms with van der Waals surface area (Å²) in [7, 11) is 1.68. The van der Waals surface area contributed by atoms with Gasteiger partial charge >= 0.3 is 0 Å². The molecule has 3 N–H and O–H groups in total. The number of pyridine rings is 1. The zero-order valence-corrected chi connectivity index (χ0v) is 13.5. The molecule has 1 heterocycles. The van der Waals surface area contributed by atoms with Gasteiger partial charge in [0.2, 0.25) is 0 Å². The fourth-order valence-corrected chi connectivity index (χ4v) is 2.61. The van der Waals surface area contributed by atoms with Crippen LogP contribution in [0.1, 0.15) is 0 Å². The number of hydrogen-bond acceptors (Lipinski definition) is 5. The Kier molecular flexibility index (Phi) is 4.80. The number of nitrogens with one attached hydrogen (secondary N) is 1. The van der Waals surface area contributed by atoms with Crippen LogP contribution in [0.25, 0.3) is 11.1 Å². The van der Waals surface area contributed by atoms with Gasteiger partial charge in [-0.2, -0.15) is 0 Å². The molecule has 0 unspecified atom stereocenters. The molecule has 0 amide bonds. The van der Waals surface area contributed by atoms with E-state index in [4.69, 9.17) is 9.88 Å². The summed E-state index contributed by atoms with van der Waals surface area (Å²) in [6.45, 7) is 0. The number of nitrogens with two attached hydrogens (primary N) is 1. The summed E-state index contributed by atoms with van der Waals surface area (Å²) in [5.41, 5.74) is 3.05. The first-order chi connectivity index (χ1) is 11.3. The maximum atomic E-state index is 5.54. The van der Waals surface area contributed by atoms with Crippen molar-refractivity contribution in [3.8, 4) is 16.9 Å². The van der Waals surface area contributed by atoms with Crippen LogP contribution in [0.5, 0.6) is 5.75 Å². The monoisotopic (exact) mass is 323 g/mol. The van der Waals surface area contributed by atoms with E-state index in [1.807, 2.05) is 60.7 Å². The van der Waals surface area contributed by atoms with Gasteiger partial charge in [0.25, 0.3) is 0 Å². The number of aromatic nitrogens is 1. The second-order valence-corrected chi connectivity index (χ2v) is 5.60. The number of benzene rings is 2. The van der Waals surface area contributed by atoms with Gasteiger partial charge in [0.05, 0.1) is 7.11 Å². The molecule has 0 atom stereocenters. The summed E-state index contributed by atoms with van der Waals surface area (Å²) < 4.78 is 5.43. The lowest BCUT2D eigenvalue weighted by molar-refractivity contribution is 0.416. The Morgan fingerprint density at radius 1 is 1.04 bits per heavy atom. The lowest BCUT2D eigenvalue weighted by Gasteiger charge is -2.10. The van der Waals surface area contributed by atoms with Crippen molar-refractivity contribution in [3.63, 3.8) is 0 Å². The third kappa shape index (κ3) is 3.64. The molecule has 0 aliphatic carbocycles. The maximum absolute atomic E-state index is 5.54. The molecule has 5 heteroatoms. The molecule has 0 radical (unpaired) electrons. The van der Waals surface area contributed by atoms with Crippen LogP contribution in [0.15, 0.2) is 71.8 Å². The van der Waals surface area contributed by atoms with Gasteiger partial charge in [0.1, 0.15) is 11.6 Å². The third-order valence-corrected chi connectivity index (χ3v) is 3.99. The summed E-state index contributed by atoms with van der Waals surface area (Å²) in [5.74, 6) is 1.62. The SMILES string of the molecule is COc1ccccc1-c1ccnc(Nc2ccc(SN)cc2)c1. The van der Waals surface area contributed by atoms with Crippen LogP contribution in [-0.4, -0.2) is 12.1 Å². The Labute approximate surface area is 139 Å². The minimum atomic E-state index is 0.779. The van der Waals surface area contributed by atoms with Crippen LogP contribution >= 0.6 is 11.9 Å². The standard InChI is InChI=1S/C18H17N3OS/c1-22-17-5-3-2-4-16(17)13-10-11-20-18(12-13)21-14-6-8-15(23-19)9-7-14/h2-12H,19H2,1H3,(H,20,21). The molecule has 1 aromatic heterocycles. The highest BCUT2D eigenvalue weighted by Crippen LogP contribution is 2.31. The van der Waals surface area contributed by atoms with Crippen molar-refractivity contribution in [1.29, 1.82) is 0 Å². The molecular weight excluding hydrogens is 306 g/mol. The second kappa shape index (κ2) is 7.17. The fourth-order valence-electron chi connectivity index (χ4n) is 2.31. The lowest BCUT2D eigenvalue weighted by Crippen LogP contribution is -1.94. The van der Waals surface area contributed by atoms with E-state index in [9.17, 15) is 0 Å². The fraction of sp³-hybridized carbons (Fsp3) is 0.0556. The van der Waals surface area contributed by atoms with Crippen LogP contribution in [0, 0.1) is 0 Å². The Morgan fingerprint density at radius 2 is 1.83 bits per heavy atom. The number of ether oxygens (including phenoxy) is 1. The molecule has 116 valence electrons. The lowest BCUT2D eigenvalue weighted by atomic mass is 10.1. The van der Waals surface area contributed by atoms with Crippen molar-refractivity contribution in [2.45, 2.75) is 4.90 Å². The number of methoxy groups -OCH3 is 1. The van der Waals surface area contributed by atoms with Gasteiger partial charge in [-0.1, -0.05) is 18.2 Å². The highest BCUT2D eigenvalue weighted by atomic mass is 32.2. The number of hydrogen-bond donors (Lipinski definition) is 2. The first-order valence-corrected chi connectivity index (χ1v) is 8.01. The summed E-state index contributed by atoms with van der Waals surface area (Å²) in [6, 6.07) is 19.8. The second-order valence-electron chi connectivity index (χ2n) is 4.90. The molecule has 0 saturated heterocycles. The van der Waals surface area contributed by atoms with E-state index in [0.29, 0.717) is 0 Å². The van der Waals surface area contributed by atoms with E-state index >= 15 is 0 Å². The Hall–Kier alpha value is -2.50. The van der Waals surface area contributed by atoms with E-state index in [0.717, 1.165) is 33.3 Å². The van der Waals surface area contributed by atoms with Gasteiger partial charge in [-0.25, -0.2) is 4.98 Å². The Bertz CT molecular complexity index is 790. The van der Waals surface area contributed by atoms with E-state index in [1.165, 1.54) is 11.9 Å². The quantitative estimate of drug-likeness (QED) is 0.679. The smallest absolute Gasteiger partial charge is 0.130 e. The van der Waals surface area contributed by atoms with Crippen molar-refractivity contribution in [2.75, 3.05) is 12.4 Å². The van der Waals surface area contributed by atoms with Crippen LogP contribution in [-0.2, 0) is 0 Å². The van der Waals surface area contributed by atoms with Crippen LogP contribution in [0.4, 0.5) is 11.5 Å². The van der Waals surface area contributed by atoms with Gasteiger partial charge in [0.15, 0.2) is 0 Å². The summed E-state index contributed by atoms with van der Waals surface area (Å²) >= 11 is 1.23. The normalized spacial score (nSPS) is 10.3. The van der Waals surface area contributed by atoms with Crippen molar-refractivity contribution in [1.82, 2.24) is 4.98 Å². The molecule has 0 aliphatic rings. The molecule has 3 aromatic rings. The molecule has 0 saturated carbocycles. The zero-order valence-electron chi connectivity index (χ0n) is 12.7. The summed E-state index contributed by atoms with van der Waals surface area (Å²) in [4.78, 5) is 5.40. The summed E-state index contributed by atoms with van der Waals surface area (Å²) in [6.07, 6.45) is 1.79. The van der Waals surface area contributed by atoms with Crippen molar-refractivity contribution >= 4 is 23.5 Å². The molecule has 0 fully saturated rings. The van der Waals surface area contributed by atoms with Gasteiger partial charge in [-0.15, -0.1) is 0 Å². The molecule has 0 bridgehead atoms. The average molecular weight is 323 g/mol. The molecular formula is C18H17N3OS. The van der Waals surface area contributed by atoms with Gasteiger partial charge in [0, 0.05) is 22.3 Å². The van der Waals surface area contributed by atoms with Crippen LogP contribution in [0.2, 0.25) is 0 Å². The zero-order chi connectivity index (χ0) is 16.1. The van der Waals surface area contributed by atoms with Crippen LogP contribution in [0.3, 0.4) is 0 Å². The van der Waals surface area contributed by atoms with Crippen molar-refractivity contribution in [2.24, 2.45) is 5.14 Å². The topological polar surface area (TPSA) is 60.2 Å². The van der Waals surface area contributed by atoms with E-state index in [-0.39, 0.29) is 0 Å². The van der Waals surface area contributed by atoms with Crippen LogP contribution < -0.4 is 15.2 Å². The number of rotatable bonds is 5. The predicted octanol–water partition coefficient (Wildman–Crippen LogP) is 4.47. The predicted molar refractivity (Wildman–Crippen MR) is 96.0 cm³/mol. The van der Waals surface area contributed by atoms with E-state index < -0.39 is 0 Å². The molecule has 0 aliphatic heterocycles. The van der Waals surface area contributed by atoms with Gasteiger partial charge in [-0.05, 0) is 60.0 Å². The highest BCUT2D eigenvalue weighted by molar-refractivity contribution is 7.97. The Morgan fingerprint density at radius 3 is 2.57 bits per heavy atom. The minimum Gasteiger partial charge on any atom is -0.496 e. The largest absolute Gasteiger partial charge is 0.496 e. The molecule has 23 heavy (non-hydrogen) atoms. The van der Waals surface area contributed by atoms with Crippen molar-refractivity contribution < 1.29 is 4.74 Å². The van der Waals surface area contributed by atoms with E-state index in [1.54, 1.807) is 13.3 Å². The molecule has 2 aromatic carbocycles. The Balaban J connectivity index is 1.87. The molecule has 3 rings (SSSR count). The van der Waals surface area contributed by atoms with E-state index in [2.05, 4.69) is 10.3 Å². The molecule has 0 spiro atoms. The maximum Gasteiger partial charge on any atom is 0.130 e. The first kappa shape index (κ1) is 15.4. The average Bonchev–Trinajstić information content (AvgIpc) is 2.62. The molecule has 4 nitrogen and oxygen atoms in total. The first-order valence-electron chi connectivity index (χ1n) is 7.13. The highest BCUT2D eigenvalue weighted by Gasteiger charge is 2.06. The number of para-hydroxylation sites is 1. The van der Waals surface area contributed by atoms with Gasteiger partial charge in [-0.3, -0.25) is 5.14 Å².